The van der Waals surface area contributed by atoms with Crippen molar-refractivity contribution in [1.29, 1.82) is 0 Å². The van der Waals surface area contributed by atoms with Crippen LogP contribution in [0, 0.1) is 0 Å². The van der Waals surface area contributed by atoms with Gasteiger partial charge in [-0.05, 0) is 45.9 Å². The molecule has 2 aliphatic heterocycles. The summed E-state index contributed by atoms with van der Waals surface area (Å²) in [5, 5.41) is 2.45. The smallest absolute Gasteiger partial charge is 0.338 e. The minimum absolute atomic E-state index is 0.305. The molecule has 6 atom stereocenters. The normalized spacial score (nSPS) is 25.0. The molecule has 0 saturated carbocycles. The van der Waals surface area contributed by atoms with Crippen molar-refractivity contribution in [2.75, 3.05) is 12.9 Å². The maximum Gasteiger partial charge on any atom is 0.338 e. The van der Waals surface area contributed by atoms with Gasteiger partial charge in [-0.25, -0.2) is 4.79 Å². The fourth-order valence-electron chi connectivity index (χ4n) is 6.45. The SMILES string of the molecule is CS[C@@H]1O[C@@H]2CO[C@@H](c3ccccc3)O[C@@H]2[C@H](O[Si](c2ccccc2)(c2ccccc2)C(C)(C)C)[C@H]1OC(=O)c1ccc(Cl)cc1. The number of thioether (sulfide) groups is 1. The highest BCUT2D eigenvalue weighted by Crippen LogP contribution is 2.44. The quantitative estimate of drug-likeness (QED) is 0.147. The highest BCUT2D eigenvalue weighted by atomic mass is 35.5. The first-order valence-electron chi connectivity index (χ1n) is 15.5. The molecule has 4 aromatic rings. The molecule has 0 N–H and O–H groups in total. The van der Waals surface area contributed by atoms with Crippen molar-refractivity contribution >= 4 is 48.0 Å². The van der Waals surface area contributed by atoms with Crippen LogP contribution in [0.5, 0.6) is 0 Å². The van der Waals surface area contributed by atoms with Crippen LogP contribution in [0.2, 0.25) is 10.1 Å². The number of carbonyl (C=O) groups is 1. The number of fused-ring (bicyclic) bond motifs is 1. The predicted octanol–water partition coefficient (Wildman–Crippen LogP) is 7.01. The van der Waals surface area contributed by atoms with Gasteiger partial charge in [-0.1, -0.05) is 123 Å². The summed E-state index contributed by atoms with van der Waals surface area (Å²) in [5.41, 5.74) is 0.763. The zero-order chi connectivity index (χ0) is 32.3. The van der Waals surface area contributed by atoms with Crippen molar-refractivity contribution in [3.63, 3.8) is 0 Å². The van der Waals surface area contributed by atoms with E-state index in [0.717, 1.165) is 15.9 Å². The number of carbonyl (C=O) groups excluding carboxylic acids is 1. The molecular weight excluding hydrogens is 636 g/mol. The van der Waals surface area contributed by atoms with Gasteiger partial charge in [0, 0.05) is 10.6 Å². The number of hydrogen-bond donors (Lipinski definition) is 0. The second-order valence-corrected chi connectivity index (χ2v) is 18.2. The van der Waals surface area contributed by atoms with Crippen LogP contribution in [0.25, 0.3) is 0 Å². The van der Waals surface area contributed by atoms with Crippen LogP contribution in [-0.4, -0.2) is 57.0 Å². The molecule has 240 valence electrons. The standard InChI is InChI=1S/C37H39ClO6SSi/c1-37(2,3)46(28-16-10-6-11-17-28,29-18-12-7-13-19-29)44-32-31-30(24-40-35(43-31)26-14-8-5-9-15-26)41-36(45-4)33(32)42-34(39)25-20-22-27(38)23-21-25/h5-23,30-33,35-36H,24H2,1-4H3/t30-,31+,32+,33-,35-,36+/m1/s1. The minimum atomic E-state index is -3.13. The van der Waals surface area contributed by atoms with Crippen molar-refractivity contribution in [3.8, 4) is 0 Å². The summed E-state index contributed by atoms with van der Waals surface area (Å²) in [6.07, 6.45) is -1.19. The molecule has 2 aliphatic rings. The molecule has 0 unspecified atom stereocenters. The fourth-order valence-corrected chi connectivity index (χ4v) is 12.0. The average Bonchev–Trinajstić information content (AvgIpc) is 3.08. The first kappa shape index (κ1) is 33.0. The Morgan fingerprint density at radius 2 is 1.37 bits per heavy atom. The van der Waals surface area contributed by atoms with Crippen LogP contribution in [0.1, 0.15) is 43.0 Å². The Hall–Kier alpha value is -2.95. The van der Waals surface area contributed by atoms with Crippen molar-refractivity contribution < 1.29 is 28.2 Å². The predicted molar refractivity (Wildman–Crippen MR) is 185 cm³/mol. The van der Waals surface area contributed by atoms with E-state index in [1.807, 2.05) is 48.7 Å². The average molecular weight is 675 g/mol. The maximum absolute atomic E-state index is 13.7. The van der Waals surface area contributed by atoms with Crippen LogP contribution in [0.15, 0.2) is 115 Å². The van der Waals surface area contributed by atoms with E-state index in [1.165, 1.54) is 11.8 Å². The van der Waals surface area contributed by atoms with Crippen molar-refractivity contribution in [2.45, 2.75) is 62.0 Å². The Morgan fingerprint density at radius 3 is 1.91 bits per heavy atom. The fraction of sp³-hybridized carbons (Fsp3) is 0.324. The lowest BCUT2D eigenvalue weighted by atomic mass is 9.98. The number of benzene rings is 4. The molecule has 9 heteroatoms. The molecule has 0 bridgehead atoms. The molecule has 2 heterocycles. The van der Waals surface area contributed by atoms with Gasteiger partial charge in [-0.2, -0.15) is 0 Å². The first-order valence-corrected chi connectivity index (χ1v) is 19.0. The Bertz CT molecular complexity index is 1550. The van der Waals surface area contributed by atoms with Crippen molar-refractivity contribution in [2.24, 2.45) is 0 Å². The lowest BCUT2D eigenvalue weighted by molar-refractivity contribution is -0.315. The van der Waals surface area contributed by atoms with Crippen LogP contribution < -0.4 is 10.4 Å². The van der Waals surface area contributed by atoms with Gasteiger partial charge in [0.1, 0.15) is 23.7 Å². The molecule has 0 radical (unpaired) electrons. The molecule has 6 rings (SSSR count). The van der Waals surface area contributed by atoms with Gasteiger partial charge in [0.05, 0.1) is 12.2 Å². The van der Waals surface area contributed by atoms with E-state index in [1.54, 1.807) is 24.3 Å². The van der Waals surface area contributed by atoms with E-state index in [9.17, 15) is 4.79 Å². The van der Waals surface area contributed by atoms with Crippen LogP contribution in [0.4, 0.5) is 0 Å². The first-order chi connectivity index (χ1) is 22.2. The molecule has 2 saturated heterocycles. The second-order valence-electron chi connectivity index (χ2n) is 12.6. The van der Waals surface area contributed by atoms with Gasteiger partial charge in [-0.3, -0.25) is 0 Å². The third-order valence-electron chi connectivity index (χ3n) is 8.64. The lowest BCUT2D eigenvalue weighted by Crippen LogP contribution is -2.72. The monoisotopic (exact) mass is 674 g/mol. The van der Waals surface area contributed by atoms with Crippen molar-refractivity contribution in [3.05, 3.63) is 131 Å². The molecule has 0 aromatic heterocycles. The Kier molecular flexibility index (Phi) is 10.1. The van der Waals surface area contributed by atoms with E-state index in [-0.39, 0.29) is 5.04 Å². The summed E-state index contributed by atoms with van der Waals surface area (Å²) in [5.74, 6) is -0.481. The summed E-state index contributed by atoms with van der Waals surface area (Å²) >= 11 is 7.61. The third-order valence-corrected chi connectivity index (χ3v) is 14.8. The number of ether oxygens (including phenoxy) is 4. The molecular formula is C37H39ClO6SSi. The largest absolute Gasteiger partial charge is 0.452 e. The van der Waals surface area contributed by atoms with Gasteiger partial charge >= 0.3 is 5.97 Å². The second kappa shape index (κ2) is 14.0. The number of esters is 1. The Labute approximate surface area is 281 Å². The van der Waals surface area contributed by atoms with Crippen molar-refractivity contribution in [1.82, 2.24) is 0 Å². The van der Waals surface area contributed by atoms with E-state index in [4.69, 9.17) is 35.0 Å². The molecule has 2 fully saturated rings. The van der Waals surface area contributed by atoms with Crippen LogP contribution in [0.3, 0.4) is 0 Å². The summed E-state index contributed by atoms with van der Waals surface area (Å²) in [4.78, 5) is 13.7. The topological polar surface area (TPSA) is 63.2 Å². The Balaban J connectivity index is 1.49. The summed E-state index contributed by atoms with van der Waals surface area (Å²) in [6.45, 7) is 7.00. The van der Waals surface area contributed by atoms with E-state index >= 15 is 0 Å². The molecule has 46 heavy (non-hydrogen) atoms. The highest BCUT2D eigenvalue weighted by Gasteiger charge is 2.59. The van der Waals surface area contributed by atoms with E-state index in [0.29, 0.717) is 17.2 Å². The summed E-state index contributed by atoms with van der Waals surface area (Å²) in [7, 11) is -3.13. The lowest BCUT2D eigenvalue weighted by Gasteiger charge is -2.53. The molecule has 6 nitrogen and oxygen atoms in total. The maximum atomic E-state index is 13.7. The number of halogens is 1. The molecule has 0 aliphatic carbocycles. The van der Waals surface area contributed by atoms with Crippen LogP contribution in [-0.2, 0) is 23.4 Å². The minimum Gasteiger partial charge on any atom is -0.452 e. The summed E-state index contributed by atoms with van der Waals surface area (Å²) in [6, 6.07) is 37.4. The Morgan fingerprint density at radius 1 is 0.804 bits per heavy atom. The van der Waals surface area contributed by atoms with Gasteiger partial charge in [-0.15, -0.1) is 11.8 Å². The van der Waals surface area contributed by atoms with E-state index in [2.05, 4.69) is 69.3 Å². The van der Waals surface area contributed by atoms with Crippen LogP contribution >= 0.6 is 23.4 Å². The molecule has 0 amide bonds. The van der Waals surface area contributed by atoms with Gasteiger partial charge < -0.3 is 23.4 Å². The number of hydrogen-bond acceptors (Lipinski definition) is 7. The molecule has 4 aromatic carbocycles. The third kappa shape index (κ3) is 6.58. The molecule has 0 spiro atoms. The zero-order valence-corrected chi connectivity index (χ0v) is 28.9. The van der Waals surface area contributed by atoms with Gasteiger partial charge in [0.2, 0.25) is 0 Å². The van der Waals surface area contributed by atoms with Gasteiger partial charge in [0.25, 0.3) is 8.32 Å². The number of rotatable bonds is 8. The van der Waals surface area contributed by atoms with E-state index < -0.39 is 50.4 Å². The zero-order valence-electron chi connectivity index (χ0n) is 26.4. The highest BCUT2D eigenvalue weighted by molar-refractivity contribution is 7.99. The summed E-state index contributed by atoms with van der Waals surface area (Å²) < 4.78 is 33.7. The van der Waals surface area contributed by atoms with Gasteiger partial charge in [0.15, 0.2) is 12.4 Å².